The molecule has 170 valence electrons. The van der Waals surface area contributed by atoms with Crippen molar-refractivity contribution in [3.8, 4) is 0 Å². The Hall–Kier alpha value is -3.70. The van der Waals surface area contributed by atoms with Gasteiger partial charge in [0.1, 0.15) is 11.6 Å². The third-order valence-corrected chi connectivity index (χ3v) is 6.90. The highest BCUT2D eigenvalue weighted by Crippen LogP contribution is 2.48. The van der Waals surface area contributed by atoms with E-state index in [2.05, 4.69) is 4.98 Å². The quantitative estimate of drug-likeness (QED) is 0.423. The first-order valence-corrected chi connectivity index (χ1v) is 11.6. The van der Waals surface area contributed by atoms with Crippen LogP contribution in [0.2, 0.25) is 5.02 Å². The lowest BCUT2D eigenvalue weighted by Gasteiger charge is -2.41. The standard InChI is InChI=1S/C28H24ClN3O2/c1-17-12-13-20(15-21(17)29)32-22-10-5-11-23(33)25(22)24(19-9-6-14-31-16-19)26(28(32)30)27(34)18-7-3-2-4-8-18/h2-4,6-9,12-16,24,30,34H,5,10-11H2,1H3/b27-26+,30-28?. The van der Waals surface area contributed by atoms with Crippen molar-refractivity contribution >= 4 is 34.7 Å². The highest BCUT2D eigenvalue weighted by Gasteiger charge is 2.43. The smallest absolute Gasteiger partial charge is 0.161 e. The number of aliphatic hydroxyl groups is 1. The van der Waals surface area contributed by atoms with Gasteiger partial charge in [0.2, 0.25) is 0 Å². The fourth-order valence-electron chi connectivity index (χ4n) is 4.83. The number of nitrogens with one attached hydrogen (secondary N) is 1. The first-order chi connectivity index (χ1) is 16.5. The number of nitrogens with zero attached hydrogens (tertiary/aromatic N) is 2. The summed E-state index contributed by atoms with van der Waals surface area (Å²) >= 11 is 6.45. The summed E-state index contributed by atoms with van der Waals surface area (Å²) in [5.41, 5.74) is 4.78. The van der Waals surface area contributed by atoms with Gasteiger partial charge >= 0.3 is 0 Å². The van der Waals surface area contributed by atoms with Crippen molar-refractivity contribution in [2.45, 2.75) is 32.1 Å². The van der Waals surface area contributed by atoms with Gasteiger partial charge in [0.15, 0.2) is 5.78 Å². The molecular formula is C28H24ClN3O2. The number of rotatable bonds is 3. The first-order valence-electron chi connectivity index (χ1n) is 11.3. The van der Waals surface area contributed by atoms with Crippen molar-refractivity contribution in [3.63, 3.8) is 0 Å². The number of ketones is 1. The molecule has 2 aromatic carbocycles. The number of allylic oxidation sites excluding steroid dienone is 2. The van der Waals surface area contributed by atoms with Crippen molar-refractivity contribution in [2.75, 3.05) is 4.90 Å². The molecule has 1 unspecified atom stereocenters. The van der Waals surface area contributed by atoms with E-state index in [-0.39, 0.29) is 17.4 Å². The summed E-state index contributed by atoms with van der Waals surface area (Å²) in [6, 6.07) is 18.5. The Labute approximate surface area is 203 Å². The second kappa shape index (κ2) is 8.92. The molecule has 1 aliphatic carbocycles. The Bertz CT molecular complexity index is 1350. The molecule has 0 saturated carbocycles. The van der Waals surface area contributed by atoms with Crippen LogP contribution in [0.1, 0.15) is 41.9 Å². The molecule has 0 saturated heterocycles. The zero-order chi connectivity index (χ0) is 23.8. The molecule has 3 aromatic rings. The van der Waals surface area contributed by atoms with E-state index in [4.69, 9.17) is 11.6 Å². The van der Waals surface area contributed by atoms with Crippen LogP contribution in [0.4, 0.5) is 5.69 Å². The number of hydrogen-bond donors (Lipinski definition) is 2. The third kappa shape index (κ3) is 3.72. The van der Waals surface area contributed by atoms with Gasteiger partial charge in [0.05, 0.1) is 0 Å². The van der Waals surface area contributed by atoms with Crippen LogP contribution in [0.3, 0.4) is 0 Å². The maximum Gasteiger partial charge on any atom is 0.161 e. The Balaban J connectivity index is 1.83. The molecule has 2 heterocycles. The number of carbonyl (C=O) groups excluding carboxylic acids is 1. The van der Waals surface area contributed by atoms with Crippen LogP contribution < -0.4 is 4.90 Å². The molecule has 34 heavy (non-hydrogen) atoms. The molecule has 0 radical (unpaired) electrons. The number of pyridine rings is 1. The molecule has 1 atom stereocenters. The Kier molecular flexibility index (Phi) is 5.80. The monoisotopic (exact) mass is 469 g/mol. The summed E-state index contributed by atoms with van der Waals surface area (Å²) < 4.78 is 0. The average molecular weight is 470 g/mol. The van der Waals surface area contributed by atoms with Crippen LogP contribution in [0.5, 0.6) is 0 Å². The number of benzene rings is 2. The van der Waals surface area contributed by atoms with Crippen LogP contribution in [0, 0.1) is 12.3 Å². The molecule has 1 aromatic heterocycles. The minimum Gasteiger partial charge on any atom is -0.507 e. The summed E-state index contributed by atoms with van der Waals surface area (Å²) in [7, 11) is 0. The summed E-state index contributed by atoms with van der Waals surface area (Å²) in [6.07, 6.45) is 5.19. The second-order valence-electron chi connectivity index (χ2n) is 8.60. The van der Waals surface area contributed by atoms with E-state index in [1.165, 1.54) is 0 Å². The second-order valence-corrected chi connectivity index (χ2v) is 9.01. The summed E-state index contributed by atoms with van der Waals surface area (Å²) in [5, 5.41) is 21.4. The zero-order valence-electron chi connectivity index (χ0n) is 18.8. The molecule has 0 bridgehead atoms. The third-order valence-electron chi connectivity index (χ3n) is 6.49. The summed E-state index contributed by atoms with van der Waals surface area (Å²) in [6.45, 7) is 1.92. The van der Waals surface area contributed by atoms with E-state index >= 15 is 0 Å². The van der Waals surface area contributed by atoms with Gasteiger partial charge in [0, 0.05) is 57.8 Å². The molecule has 1 aliphatic heterocycles. The Morgan fingerprint density at radius 2 is 1.91 bits per heavy atom. The molecule has 0 fully saturated rings. The molecule has 0 amide bonds. The van der Waals surface area contributed by atoms with Crippen LogP contribution in [-0.4, -0.2) is 21.7 Å². The van der Waals surface area contributed by atoms with Gasteiger partial charge in [0.25, 0.3) is 0 Å². The minimum atomic E-state index is -0.582. The number of halogens is 1. The summed E-state index contributed by atoms with van der Waals surface area (Å²) in [4.78, 5) is 19.5. The predicted molar refractivity (Wildman–Crippen MR) is 135 cm³/mol. The number of anilines is 1. The number of hydrogen-bond acceptors (Lipinski definition) is 4. The Morgan fingerprint density at radius 3 is 2.62 bits per heavy atom. The van der Waals surface area contributed by atoms with E-state index in [0.717, 1.165) is 16.8 Å². The van der Waals surface area contributed by atoms with Gasteiger partial charge in [-0.1, -0.05) is 54.1 Å². The molecule has 0 spiro atoms. The lowest BCUT2D eigenvalue weighted by molar-refractivity contribution is -0.116. The van der Waals surface area contributed by atoms with Crippen molar-refractivity contribution in [2.24, 2.45) is 0 Å². The lowest BCUT2D eigenvalue weighted by Crippen LogP contribution is -2.42. The van der Waals surface area contributed by atoms with Crippen LogP contribution in [-0.2, 0) is 4.79 Å². The fourth-order valence-corrected chi connectivity index (χ4v) is 5.00. The number of aliphatic hydroxyl groups excluding tert-OH is 1. The number of aromatic nitrogens is 1. The molecule has 2 N–H and O–H groups in total. The van der Waals surface area contributed by atoms with Gasteiger partial charge < -0.3 is 5.11 Å². The number of amidine groups is 1. The molecule has 5 rings (SSSR count). The zero-order valence-corrected chi connectivity index (χ0v) is 19.5. The highest BCUT2D eigenvalue weighted by atomic mass is 35.5. The normalized spacial score (nSPS) is 19.8. The van der Waals surface area contributed by atoms with Crippen LogP contribution in [0.15, 0.2) is 89.9 Å². The van der Waals surface area contributed by atoms with E-state index < -0.39 is 5.92 Å². The van der Waals surface area contributed by atoms with Gasteiger partial charge in [-0.2, -0.15) is 0 Å². The molecule has 6 heteroatoms. The van der Waals surface area contributed by atoms with E-state index in [1.54, 1.807) is 29.4 Å². The largest absolute Gasteiger partial charge is 0.507 e. The predicted octanol–water partition coefficient (Wildman–Crippen LogP) is 6.60. The van der Waals surface area contributed by atoms with E-state index in [0.29, 0.717) is 46.7 Å². The van der Waals surface area contributed by atoms with E-state index in [9.17, 15) is 15.3 Å². The van der Waals surface area contributed by atoms with Crippen molar-refractivity contribution in [1.82, 2.24) is 4.98 Å². The van der Waals surface area contributed by atoms with Crippen molar-refractivity contribution in [3.05, 3.63) is 112 Å². The SMILES string of the molecule is Cc1ccc(N2C(=N)/C(=C(/O)c3ccccc3)C(c3cccnc3)C3=C2CCCC3=O)cc1Cl. The van der Waals surface area contributed by atoms with Gasteiger partial charge in [-0.3, -0.25) is 20.1 Å². The Morgan fingerprint density at radius 1 is 1.12 bits per heavy atom. The van der Waals surface area contributed by atoms with Crippen molar-refractivity contribution in [1.29, 1.82) is 5.41 Å². The molecule has 2 aliphatic rings. The van der Waals surface area contributed by atoms with Gasteiger partial charge in [-0.25, -0.2) is 0 Å². The number of Topliss-reactive ketones (excluding diaryl/α,β-unsaturated/α-hetero) is 1. The van der Waals surface area contributed by atoms with E-state index in [1.807, 2.05) is 55.5 Å². The van der Waals surface area contributed by atoms with Crippen LogP contribution in [0.25, 0.3) is 5.76 Å². The minimum absolute atomic E-state index is 0.0208. The lowest BCUT2D eigenvalue weighted by atomic mass is 9.74. The molecular weight excluding hydrogens is 446 g/mol. The topological polar surface area (TPSA) is 77.3 Å². The van der Waals surface area contributed by atoms with Gasteiger partial charge in [-0.15, -0.1) is 0 Å². The fraction of sp³-hybridized carbons (Fsp3) is 0.179. The summed E-state index contributed by atoms with van der Waals surface area (Å²) in [5.74, 6) is -0.443. The van der Waals surface area contributed by atoms with Gasteiger partial charge in [-0.05, 0) is 49.1 Å². The average Bonchev–Trinajstić information content (AvgIpc) is 2.86. The van der Waals surface area contributed by atoms with Crippen LogP contribution >= 0.6 is 11.6 Å². The first kappa shape index (κ1) is 22.1. The van der Waals surface area contributed by atoms with Crippen molar-refractivity contribution < 1.29 is 9.90 Å². The maximum absolute atomic E-state index is 13.4. The molecule has 5 nitrogen and oxygen atoms in total. The number of carbonyl (C=O) groups is 1. The maximum atomic E-state index is 13.4. The highest BCUT2D eigenvalue weighted by molar-refractivity contribution is 6.32. The number of aryl methyl sites for hydroxylation is 1.